The molecule has 0 saturated carbocycles. The van der Waals surface area contributed by atoms with Crippen molar-refractivity contribution in [3.05, 3.63) is 16.1 Å². The second kappa shape index (κ2) is 8.74. The van der Waals surface area contributed by atoms with Gasteiger partial charge in [-0.1, -0.05) is 13.8 Å². The number of aromatic carboxylic acids is 1. The van der Waals surface area contributed by atoms with E-state index in [9.17, 15) is 9.59 Å². The van der Waals surface area contributed by atoms with E-state index in [0.717, 1.165) is 6.42 Å². The third-order valence-electron chi connectivity index (χ3n) is 2.84. The highest BCUT2D eigenvalue weighted by atomic mass is 32.1. The van der Waals surface area contributed by atoms with E-state index in [-0.39, 0.29) is 11.6 Å². The van der Waals surface area contributed by atoms with Crippen molar-refractivity contribution in [2.24, 2.45) is 5.92 Å². The van der Waals surface area contributed by atoms with Crippen LogP contribution in [0, 0.1) is 5.92 Å². The minimum atomic E-state index is -1.03. The molecule has 0 aliphatic heterocycles. The monoisotopic (exact) mass is 314 g/mol. The number of hydrogen-bond donors (Lipinski definition) is 2. The highest BCUT2D eigenvalue weighted by Crippen LogP contribution is 2.10. The van der Waals surface area contributed by atoms with E-state index in [4.69, 9.17) is 9.84 Å². The van der Waals surface area contributed by atoms with Crippen LogP contribution >= 0.6 is 11.3 Å². The number of carbonyl (C=O) groups is 2. The first kappa shape index (κ1) is 17.6. The average molecular weight is 314 g/mol. The molecule has 0 aromatic carbocycles. The number of amides is 1. The zero-order valence-corrected chi connectivity index (χ0v) is 13.4. The largest absolute Gasteiger partial charge is 0.476 e. The maximum atomic E-state index is 11.8. The quantitative estimate of drug-likeness (QED) is 0.727. The van der Waals surface area contributed by atoms with Crippen LogP contribution in [0.25, 0.3) is 0 Å². The van der Waals surface area contributed by atoms with Crippen LogP contribution in [-0.4, -0.2) is 41.2 Å². The summed E-state index contributed by atoms with van der Waals surface area (Å²) in [5.74, 6) is -0.643. The van der Waals surface area contributed by atoms with Gasteiger partial charge in [-0.25, -0.2) is 9.78 Å². The number of thiazole rings is 1. The van der Waals surface area contributed by atoms with Gasteiger partial charge in [0.25, 0.3) is 0 Å². The van der Waals surface area contributed by atoms with Crippen molar-refractivity contribution >= 4 is 23.2 Å². The summed E-state index contributed by atoms with van der Waals surface area (Å²) in [6.07, 6.45) is 0.964. The minimum Gasteiger partial charge on any atom is -0.476 e. The Labute approximate surface area is 128 Å². The molecule has 2 N–H and O–H groups in total. The molecule has 1 amide bonds. The molecular formula is C14H22N2O4S. The Morgan fingerprint density at radius 2 is 2.14 bits per heavy atom. The molecule has 0 aliphatic rings. The van der Waals surface area contributed by atoms with Crippen LogP contribution in [0.4, 0.5) is 0 Å². The Morgan fingerprint density at radius 1 is 1.43 bits per heavy atom. The number of ether oxygens (including phenoxy) is 1. The molecule has 1 unspecified atom stereocenters. The summed E-state index contributed by atoms with van der Waals surface area (Å²) < 4.78 is 5.45. The Balaban J connectivity index is 2.24. The fraction of sp³-hybridized carbons (Fsp3) is 0.643. The molecule has 21 heavy (non-hydrogen) atoms. The normalized spacial score (nSPS) is 12.4. The van der Waals surface area contributed by atoms with Crippen LogP contribution in [0.5, 0.6) is 0 Å². The van der Waals surface area contributed by atoms with Gasteiger partial charge in [-0.05, 0) is 19.3 Å². The van der Waals surface area contributed by atoms with E-state index in [0.29, 0.717) is 30.5 Å². The molecule has 7 heteroatoms. The highest BCUT2D eigenvalue weighted by Gasteiger charge is 2.13. The fourth-order valence-electron chi connectivity index (χ4n) is 1.52. The summed E-state index contributed by atoms with van der Waals surface area (Å²) in [6, 6.07) is 0. The summed E-state index contributed by atoms with van der Waals surface area (Å²) in [6.45, 7) is 6.92. The van der Waals surface area contributed by atoms with Gasteiger partial charge < -0.3 is 15.2 Å². The zero-order chi connectivity index (χ0) is 15.8. The molecule has 0 radical (unpaired) electrons. The maximum absolute atomic E-state index is 11.8. The van der Waals surface area contributed by atoms with Gasteiger partial charge >= 0.3 is 5.97 Å². The summed E-state index contributed by atoms with van der Waals surface area (Å²) >= 11 is 1.28. The van der Waals surface area contributed by atoms with Crippen molar-refractivity contribution in [1.82, 2.24) is 10.3 Å². The number of carboxylic acid groups (broad SMARTS) is 1. The van der Waals surface area contributed by atoms with Crippen LogP contribution in [-0.2, 0) is 16.0 Å². The minimum absolute atomic E-state index is 0.0479. The van der Waals surface area contributed by atoms with E-state index in [1.165, 1.54) is 16.7 Å². The molecule has 1 aromatic rings. The maximum Gasteiger partial charge on any atom is 0.355 e. The Hall–Kier alpha value is -1.47. The average Bonchev–Trinajstić information content (AvgIpc) is 2.87. The van der Waals surface area contributed by atoms with Gasteiger partial charge in [0.15, 0.2) is 5.69 Å². The predicted octanol–water partition coefficient (Wildman–Crippen LogP) is 1.95. The van der Waals surface area contributed by atoms with Crippen LogP contribution in [0.15, 0.2) is 5.38 Å². The van der Waals surface area contributed by atoms with Gasteiger partial charge in [0, 0.05) is 25.0 Å². The van der Waals surface area contributed by atoms with E-state index in [1.54, 1.807) is 6.92 Å². The SMILES string of the molecule is CC(C)CCOC(C)C(=O)NCCc1nc(C(=O)O)cs1. The first-order chi connectivity index (χ1) is 9.90. The van der Waals surface area contributed by atoms with E-state index < -0.39 is 12.1 Å². The van der Waals surface area contributed by atoms with Gasteiger partial charge in [0.05, 0.1) is 5.01 Å². The molecular weight excluding hydrogens is 292 g/mol. The third-order valence-corrected chi connectivity index (χ3v) is 3.75. The number of rotatable bonds is 9. The second-order valence-electron chi connectivity index (χ2n) is 5.17. The van der Waals surface area contributed by atoms with Crippen LogP contribution < -0.4 is 5.32 Å². The molecule has 0 saturated heterocycles. The summed E-state index contributed by atoms with van der Waals surface area (Å²) in [4.78, 5) is 26.4. The fourth-order valence-corrected chi connectivity index (χ4v) is 2.29. The lowest BCUT2D eigenvalue weighted by molar-refractivity contribution is -0.131. The standard InChI is InChI=1S/C14H22N2O4S/c1-9(2)5-7-20-10(3)13(17)15-6-4-12-16-11(8-21-12)14(18)19/h8-10H,4-7H2,1-3H3,(H,15,17)(H,18,19). The van der Waals surface area contributed by atoms with Crippen molar-refractivity contribution in [1.29, 1.82) is 0 Å². The van der Waals surface area contributed by atoms with Crippen molar-refractivity contribution in [2.75, 3.05) is 13.2 Å². The number of carboxylic acids is 1. The lowest BCUT2D eigenvalue weighted by atomic mass is 10.1. The molecule has 0 aliphatic carbocycles. The molecule has 1 aromatic heterocycles. The summed E-state index contributed by atoms with van der Waals surface area (Å²) in [5.41, 5.74) is 0.0479. The van der Waals surface area contributed by atoms with Gasteiger partial charge in [-0.15, -0.1) is 11.3 Å². The number of hydrogen-bond acceptors (Lipinski definition) is 5. The predicted molar refractivity (Wildman–Crippen MR) is 80.7 cm³/mol. The molecule has 118 valence electrons. The molecule has 1 atom stereocenters. The van der Waals surface area contributed by atoms with Crippen molar-refractivity contribution in [3.63, 3.8) is 0 Å². The second-order valence-corrected chi connectivity index (χ2v) is 6.11. The lowest BCUT2D eigenvalue weighted by Gasteiger charge is -2.13. The zero-order valence-electron chi connectivity index (χ0n) is 12.6. The first-order valence-corrected chi connectivity index (χ1v) is 7.85. The van der Waals surface area contributed by atoms with Crippen LogP contribution in [0.3, 0.4) is 0 Å². The van der Waals surface area contributed by atoms with Crippen LogP contribution in [0.1, 0.15) is 42.7 Å². The van der Waals surface area contributed by atoms with Crippen molar-refractivity contribution in [2.45, 2.75) is 39.7 Å². The number of nitrogens with one attached hydrogen (secondary N) is 1. The van der Waals surface area contributed by atoms with Gasteiger partial charge in [0.1, 0.15) is 6.10 Å². The van der Waals surface area contributed by atoms with E-state index >= 15 is 0 Å². The third kappa shape index (κ3) is 6.68. The highest BCUT2D eigenvalue weighted by molar-refractivity contribution is 7.09. The molecule has 1 heterocycles. The molecule has 0 fully saturated rings. The smallest absolute Gasteiger partial charge is 0.355 e. The summed E-state index contributed by atoms with van der Waals surface area (Å²) in [7, 11) is 0. The number of nitrogens with zero attached hydrogens (tertiary/aromatic N) is 1. The molecule has 1 rings (SSSR count). The topological polar surface area (TPSA) is 88.5 Å². The van der Waals surface area contributed by atoms with Crippen LogP contribution in [0.2, 0.25) is 0 Å². The van der Waals surface area contributed by atoms with Crippen molar-refractivity contribution < 1.29 is 19.4 Å². The number of aromatic nitrogens is 1. The Kier molecular flexibility index (Phi) is 7.31. The van der Waals surface area contributed by atoms with E-state index in [2.05, 4.69) is 24.1 Å². The Morgan fingerprint density at radius 3 is 2.71 bits per heavy atom. The van der Waals surface area contributed by atoms with Gasteiger partial charge in [0.2, 0.25) is 5.91 Å². The lowest BCUT2D eigenvalue weighted by Crippen LogP contribution is -2.36. The molecule has 0 spiro atoms. The molecule has 0 bridgehead atoms. The molecule has 6 nitrogen and oxygen atoms in total. The first-order valence-electron chi connectivity index (χ1n) is 6.97. The Bertz CT molecular complexity index is 473. The van der Waals surface area contributed by atoms with Gasteiger partial charge in [-0.2, -0.15) is 0 Å². The van der Waals surface area contributed by atoms with E-state index in [1.807, 2.05) is 0 Å². The summed E-state index contributed by atoms with van der Waals surface area (Å²) in [5, 5.41) is 13.7. The van der Waals surface area contributed by atoms with Gasteiger partial charge in [-0.3, -0.25) is 4.79 Å². The number of carbonyl (C=O) groups excluding carboxylic acids is 1. The van der Waals surface area contributed by atoms with Crippen molar-refractivity contribution in [3.8, 4) is 0 Å².